The van der Waals surface area contributed by atoms with E-state index in [2.05, 4.69) is 19.9 Å². The third kappa shape index (κ3) is 2.07. The Morgan fingerprint density at radius 1 is 1.47 bits per heavy atom. The number of imidazole rings is 2. The molecule has 0 aliphatic rings. The summed E-state index contributed by atoms with van der Waals surface area (Å²) in [6.07, 6.45) is 7.47. The minimum atomic E-state index is 0.764. The van der Waals surface area contributed by atoms with Crippen LogP contribution in [0.1, 0.15) is 11.5 Å². The molecular formula is C10H15N5. The van der Waals surface area contributed by atoms with Crippen LogP contribution in [0.25, 0.3) is 0 Å². The summed E-state index contributed by atoms with van der Waals surface area (Å²) in [5.41, 5.74) is 1.17. The molecule has 0 aliphatic heterocycles. The fourth-order valence-corrected chi connectivity index (χ4v) is 1.52. The van der Waals surface area contributed by atoms with Crippen LogP contribution >= 0.6 is 0 Å². The Kier molecular flexibility index (Phi) is 2.82. The van der Waals surface area contributed by atoms with Gasteiger partial charge in [0.2, 0.25) is 0 Å². The Morgan fingerprint density at radius 2 is 2.33 bits per heavy atom. The second-order valence-electron chi connectivity index (χ2n) is 3.50. The first-order valence-corrected chi connectivity index (χ1v) is 4.91. The molecule has 0 aromatic carbocycles. The van der Waals surface area contributed by atoms with Gasteiger partial charge in [-0.1, -0.05) is 0 Å². The van der Waals surface area contributed by atoms with Gasteiger partial charge in [0.25, 0.3) is 0 Å². The van der Waals surface area contributed by atoms with Gasteiger partial charge in [-0.3, -0.25) is 0 Å². The highest BCUT2D eigenvalue weighted by Crippen LogP contribution is 2.03. The predicted octanol–water partition coefficient (Wildman–Crippen LogP) is 0.384. The zero-order valence-corrected chi connectivity index (χ0v) is 9.01. The lowest BCUT2D eigenvalue weighted by molar-refractivity contribution is 0.649. The molecule has 0 amide bonds. The van der Waals surface area contributed by atoms with Gasteiger partial charge < -0.3 is 14.5 Å². The summed E-state index contributed by atoms with van der Waals surface area (Å²) in [4.78, 5) is 8.42. The van der Waals surface area contributed by atoms with Crippen molar-refractivity contribution in [1.82, 2.24) is 24.4 Å². The molecule has 0 saturated carbocycles. The molecule has 15 heavy (non-hydrogen) atoms. The van der Waals surface area contributed by atoms with E-state index >= 15 is 0 Å². The van der Waals surface area contributed by atoms with Gasteiger partial charge in [0.15, 0.2) is 0 Å². The highest BCUT2D eigenvalue weighted by molar-refractivity contribution is 5.02. The molecule has 0 fully saturated rings. The summed E-state index contributed by atoms with van der Waals surface area (Å²) in [5, 5.41) is 3.12. The number of aryl methyl sites for hydroxylation is 1. The average molecular weight is 205 g/mol. The maximum atomic E-state index is 4.29. The number of nitrogens with zero attached hydrogens (tertiary/aromatic N) is 4. The molecule has 2 rings (SSSR count). The van der Waals surface area contributed by atoms with E-state index in [-0.39, 0.29) is 0 Å². The molecule has 5 nitrogen and oxygen atoms in total. The Labute approximate surface area is 88.8 Å². The lowest BCUT2D eigenvalue weighted by Gasteiger charge is -2.07. The zero-order valence-electron chi connectivity index (χ0n) is 9.01. The van der Waals surface area contributed by atoms with Crippen molar-refractivity contribution in [1.29, 1.82) is 0 Å². The number of aromatic nitrogens is 4. The molecule has 0 atom stereocenters. The van der Waals surface area contributed by atoms with Crippen molar-refractivity contribution < 1.29 is 0 Å². The highest BCUT2D eigenvalue weighted by atomic mass is 15.1. The molecule has 0 bridgehead atoms. The number of hydrogen-bond acceptors (Lipinski definition) is 3. The second-order valence-corrected chi connectivity index (χ2v) is 3.50. The summed E-state index contributed by atoms with van der Waals surface area (Å²) in [6.45, 7) is 1.59. The molecule has 2 heterocycles. The lowest BCUT2D eigenvalue weighted by Crippen LogP contribution is -2.13. The number of hydrogen-bond donors (Lipinski definition) is 1. The van der Waals surface area contributed by atoms with Gasteiger partial charge in [-0.2, -0.15) is 0 Å². The van der Waals surface area contributed by atoms with E-state index < -0.39 is 0 Å². The molecular weight excluding hydrogens is 190 g/mol. The van der Waals surface area contributed by atoms with E-state index in [1.165, 1.54) is 5.69 Å². The minimum Gasteiger partial charge on any atom is -0.337 e. The van der Waals surface area contributed by atoms with Crippen LogP contribution in [0.4, 0.5) is 0 Å². The maximum Gasteiger partial charge on any atom is 0.128 e. The third-order valence-electron chi connectivity index (χ3n) is 2.39. The van der Waals surface area contributed by atoms with Crippen LogP contribution in [0.2, 0.25) is 0 Å². The van der Waals surface area contributed by atoms with E-state index in [1.54, 1.807) is 0 Å². The van der Waals surface area contributed by atoms with E-state index in [0.717, 1.165) is 18.9 Å². The predicted molar refractivity (Wildman–Crippen MR) is 57.3 cm³/mol. The van der Waals surface area contributed by atoms with Crippen LogP contribution in [0, 0.1) is 0 Å². The van der Waals surface area contributed by atoms with Crippen LogP contribution in [-0.2, 0) is 20.1 Å². The molecule has 1 N–H and O–H groups in total. The Bertz CT molecular complexity index is 428. The molecule has 0 unspecified atom stereocenters. The first-order chi connectivity index (χ1) is 7.31. The second kappa shape index (κ2) is 4.27. The molecule has 2 aromatic rings. The van der Waals surface area contributed by atoms with Gasteiger partial charge >= 0.3 is 0 Å². The fourth-order valence-electron chi connectivity index (χ4n) is 1.52. The average Bonchev–Trinajstić information content (AvgIpc) is 2.80. The van der Waals surface area contributed by atoms with Crippen molar-refractivity contribution in [2.45, 2.75) is 13.1 Å². The maximum absolute atomic E-state index is 4.29. The summed E-state index contributed by atoms with van der Waals surface area (Å²) >= 11 is 0. The van der Waals surface area contributed by atoms with Crippen LogP contribution in [0.5, 0.6) is 0 Å². The quantitative estimate of drug-likeness (QED) is 0.785. The number of rotatable bonds is 4. The van der Waals surface area contributed by atoms with Gasteiger partial charge in [-0.15, -0.1) is 0 Å². The fraction of sp³-hybridized carbons (Fsp3) is 0.400. The largest absolute Gasteiger partial charge is 0.337 e. The summed E-state index contributed by atoms with van der Waals surface area (Å²) in [5.74, 6) is 1.03. The highest BCUT2D eigenvalue weighted by Gasteiger charge is 2.04. The van der Waals surface area contributed by atoms with Crippen molar-refractivity contribution in [2.24, 2.45) is 7.05 Å². The van der Waals surface area contributed by atoms with E-state index in [1.807, 2.05) is 43.6 Å². The van der Waals surface area contributed by atoms with Crippen LogP contribution < -0.4 is 5.32 Å². The van der Waals surface area contributed by atoms with Crippen molar-refractivity contribution in [3.05, 3.63) is 36.4 Å². The number of nitrogens with one attached hydrogen (secondary N) is 1. The van der Waals surface area contributed by atoms with Gasteiger partial charge in [0.1, 0.15) is 5.82 Å². The minimum absolute atomic E-state index is 0.764. The SMILES string of the molecule is CNCc1cncn1Cc1nccn1C. The standard InChI is InChI=1S/C10H15N5/c1-11-5-9-6-12-8-15(9)7-10-13-3-4-14(10)2/h3-4,6,8,11H,5,7H2,1-2H3. The van der Waals surface area contributed by atoms with Crippen LogP contribution in [-0.4, -0.2) is 26.1 Å². The van der Waals surface area contributed by atoms with Crippen molar-refractivity contribution in [3.63, 3.8) is 0 Å². The molecule has 0 saturated heterocycles. The normalized spacial score (nSPS) is 10.8. The topological polar surface area (TPSA) is 47.7 Å². The first kappa shape index (κ1) is 9.92. The van der Waals surface area contributed by atoms with Crippen molar-refractivity contribution in [2.75, 3.05) is 7.05 Å². The molecule has 0 aliphatic carbocycles. The van der Waals surface area contributed by atoms with Crippen LogP contribution in [0.15, 0.2) is 24.9 Å². The molecule has 5 heteroatoms. The zero-order chi connectivity index (χ0) is 10.7. The van der Waals surface area contributed by atoms with E-state index in [4.69, 9.17) is 0 Å². The van der Waals surface area contributed by atoms with Gasteiger partial charge in [0.05, 0.1) is 18.6 Å². The Morgan fingerprint density at radius 3 is 3.00 bits per heavy atom. The molecule has 0 radical (unpaired) electrons. The van der Waals surface area contributed by atoms with Crippen molar-refractivity contribution >= 4 is 0 Å². The third-order valence-corrected chi connectivity index (χ3v) is 2.39. The van der Waals surface area contributed by atoms with E-state index in [9.17, 15) is 0 Å². The Balaban J connectivity index is 2.17. The molecule has 80 valence electrons. The van der Waals surface area contributed by atoms with Gasteiger partial charge in [0, 0.05) is 32.2 Å². The monoisotopic (exact) mass is 205 g/mol. The summed E-state index contributed by atoms with van der Waals surface area (Å²) in [6, 6.07) is 0. The van der Waals surface area contributed by atoms with Crippen LogP contribution in [0.3, 0.4) is 0 Å². The van der Waals surface area contributed by atoms with Crippen molar-refractivity contribution in [3.8, 4) is 0 Å². The Hall–Kier alpha value is -1.62. The molecule has 2 aromatic heterocycles. The first-order valence-electron chi connectivity index (χ1n) is 4.91. The smallest absolute Gasteiger partial charge is 0.128 e. The summed E-state index contributed by atoms with van der Waals surface area (Å²) in [7, 11) is 3.93. The van der Waals surface area contributed by atoms with E-state index in [0.29, 0.717) is 0 Å². The lowest BCUT2D eigenvalue weighted by atomic mass is 10.4. The summed E-state index contributed by atoms with van der Waals surface area (Å²) < 4.78 is 4.11. The van der Waals surface area contributed by atoms with Gasteiger partial charge in [-0.05, 0) is 7.05 Å². The van der Waals surface area contributed by atoms with Gasteiger partial charge in [-0.25, -0.2) is 9.97 Å². The molecule has 0 spiro atoms.